The molecule has 88 valence electrons. The lowest BCUT2D eigenvalue weighted by atomic mass is 9.96. The van der Waals surface area contributed by atoms with Gasteiger partial charge >= 0.3 is 12.1 Å². The van der Waals surface area contributed by atoms with E-state index in [1.807, 2.05) is 0 Å². The van der Waals surface area contributed by atoms with E-state index in [9.17, 15) is 18.0 Å². The summed E-state index contributed by atoms with van der Waals surface area (Å²) >= 11 is 0. The van der Waals surface area contributed by atoms with Crippen LogP contribution in [0.5, 0.6) is 0 Å². The van der Waals surface area contributed by atoms with E-state index in [1.165, 1.54) is 12.1 Å². The summed E-state index contributed by atoms with van der Waals surface area (Å²) < 4.78 is 36.7. The zero-order valence-electron chi connectivity index (χ0n) is 8.58. The quantitative estimate of drug-likeness (QED) is 0.868. The molecular formula is C11H11F3O2. The molecular weight excluding hydrogens is 221 g/mol. The number of carboxylic acid groups (broad SMARTS) is 1. The van der Waals surface area contributed by atoms with Crippen molar-refractivity contribution in [1.29, 1.82) is 0 Å². The van der Waals surface area contributed by atoms with Crippen LogP contribution in [0.3, 0.4) is 0 Å². The predicted molar refractivity (Wildman–Crippen MR) is 52.1 cm³/mol. The molecule has 1 aromatic rings. The van der Waals surface area contributed by atoms with Gasteiger partial charge in [-0.15, -0.1) is 0 Å². The average Bonchev–Trinajstić information content (AvgIpc) is 2.17. The van der Waals surface area contributed by atoms with Gasteiger partial charge in [0.15, 0.2) is 0 Å². The Bertz CT molecular complexity index is 368. The minimum atomic E-state index is -4.39. The van der Waals surface area contributed by atoms with Crippen LogP contribution in [-0.4, -0.2) is 11.1 Å². The summed E-state index contributed by atoms with van der Waals surface area (Å²) in [7, 11) is 0. The molecule has 0 radical (unpaired) electrons. The van der Waals surface area contributed by atoms with Crippen molar-refractivity contribution in [2.45, 2.75) is 25.4 Å². The fraction of sp³-hybridized carbons (Fsp3) is 0.364. The maximum absolute atomic E-state index is 12.2. The van der Waals surface area contributed by atoms with Crippen molar-refractivity contribution in [2.24, 2.45) is 0 Å². The molecule has 16 heavy (non-hydrogen) atoms. The molecule has 0 fully saturated rings. The molecule has 2 nitrogen and oxygen atoms in total. The van der Waals surface area contributed by atoms with E-state index >= 15 is 0 Å². The molecule has 0 heterocycles. The van der Waals surface area contributed by atoms with Crippen LogP contribution < -0.4 is 0 Å². The first kappa shape index (κ1) is 12.5. The van der Waals surface area contributed by atoms with E-state index in [0.29, 0.717) is 12.0 Å². The molecule has 0 aromatic heterocycles. The Kier molecular flexibility index (Phi) is 3.57. The predicted octanol–water partition coefficient (Wildman–Crippen LogP) is 3.28. The Morgan fingerprint density at radius 2 is 1.81 bits per heavy atom. The van der Waals surface area contributed by atoms with E-state index < -0.39 is 23.6 Å². The average molecular weight is 232 g/mol. The van der Waals surface area contributed by atoms with Crippen molar-refractivity contribution in [3.05, 3.63) is 35.4 Å². The number of benzene rings is 1. The first-order valence-corrected chi connectivity index (χ1v) is 4.76. The Balaban J connectivity index is 2.98. The highest BCUT2D eigenvalue weighted by molar-refractivity contribution is 5.75. The summed E-state index contributed by atoms with van der Waals surface area (Å²) in [5.41, 5.74) is -0.375. The minimum absolute atomic E-state index is 0.348. The molecule has 0 saturated heterocycles. The Morgan fingerprint density at radius 3 is 2.12 bits per heavy atom. The summed E-state index contributed by atoms with van der Waals surface area (Å²) in [5, 5.41) is 8.83. The van der Waals surface area contributed by atoms with Crippen LogP contribution in [0.2, 0.25) is 0 Å². The summed E-state index contributed by atoms with van der Waals surface area (Å²) in [6, 6.07) is 4.23. The third-order valence-electron chi connectivity index (χ3n) is 2.35. The fourth-order valence-corrected chi connectivity index (χ4v) is 1.46. The van der Waals surface area contributed by atoms with E-state index in [4.69, 9.17) is 5.11 Å². The molecule has 0 saturated carbocycles. The highest BCUT2D eigenvalue weighted by Gasteiger charge is 2.30. The lowest BCUT2D eigenvalue weighted by Gasteiger charge is -2.11. The van der Waals surface area contributed by atoms with Gasteiger partial charge in [-0.1, -0.05) is 19.1 Å². The molecule has 0 bridgehead atoms. The van der Waals surface area contributed by atoms with Crippen molar-refractivity contribution < 1.29 is 23.1 Å². The number of aliphatic carboxylic acids is 1. The zero-order chi connectivity index (χ0) is 12.3. The molecule has 0 aliphatic heterocycles. The highest BCUT2D eigenvalue weighted by atomic mass is 19.4. The second-order valence-corrected chi connectivity index (χ2v) is 3.42. The first-order chi connectivity index (χ1) is 7.36. The third kappa shape index (κ3) is 2.74. The maximum Gasteiger partial charge on any atom is 0.416 e. The van der Waals surface area contributed by atoms with Crippen LogP contribution in [0.4, 0.5) is 13.2 Å². The number of hydrogen-bond acceptors (Lipinski definition) is 1. The zero-order valence-corrected chi connectivity index (χ0v) is 8.58. The van der Waals surface area contributed by atoms with Crippen molar-refractivity contribution in [1.82, 2.24) is 0 Å². The van der Waals surface area contributed by atoms with Crippen LogP contribution in [0.1, 0.15) is 30.4 Å². The van der Waals surface area contributed by atoms with Gasteiger partial charge < -0.3 is 5.11 Å². The van der Waals surface area contributed by atoms with Crippen molar-refractivity contribution >= 4 is 5.97 Å². The topological polar surface area (TPSA) is 37.3 Å². The van der Waals surface area contributed by atoms with E-state index in [-0.39, 0.29) is 0 Å². The number of rotatable bonds is 3. The van der Waals surface area contributed by atoms with Gasteiger partial charge in [0.25, 0.3) is 0 Å². The van der Waals surface area contributed by atoms with E-state index in [0.717, 1.165) is 12.1 Å². The molecule has 1 rings (SSSR count). The molecule has 1 atom stereocenters. The van der Waals surface area contributed by atoms with Gasteiger partial charge in [-0.05, 0) is 24.1 Å². The van der Waals surface area contributed by atoms with Gasteiger partial charge in [0, 0.05) is 0 Å². The number of carbonyl (C=O) groups is 1. The van der Waals surface area contributed by atoms with Gasteiger partial charge in [-0.25, -0.2) is 0 Å². The molecule has 5 heteroatoms. The lowest BCUT2D eigenvalue weighted by molar-refractivity contribution is -0.139. The minimum Gasteiger partial charge on any atom is -0.481 e. The third-order valence-corrected chi connectivity index (χ3v) is 2.35. The molecule has 0 unspecified atom stereocenters. The lowest BCUT2D eigenvalue weighted by Crippen LogP contribution is -2.11. The number of halogens is 3. The van der Waals surface area contributed by atoms with Crippen LogP contribution in [0, 0.1) is 0 Å². The van der Waals surface area contributed by atoms with Crippen molar-refractivity contribution in [3.63, 3.8) is 0 Å². The number of alkyl halides is 3. The van der Waals surface area contributed by atoms with Crippen LogP contribution >= 0.6 is 0 Å². The van der Waals surface area contributed by atoms with Crippen LogP contribution in [0.25, 0.3) is 0 Å². The van der Waals surface area contributed by atoms with Gasteiger partial charge in [0.05, 0.1) is 11.5 Å². The first-order valence-electron chi connectivity index (χ1n) is 4.76. The second-order valence-electron chi connectivity index (χ2n) is 3.42. The summed E-state index contributed by atoms with van der Waals surface area (Å²) in [6.07, 6.45) is -4.04. The smallest absolute Gasteiger partial charge is 0.416 e. The van der Waals surface area contributed by atoms with Crippen LogP contribution in [0.15, 0.2) is 24.3 Å². The highest BCUT2D eigenvalue weighted by Crippen LogP contribution is 2.30. The largest absolute Gasteiger partial charge is 0.481 e. The van der Waals surface area contributed by atoms with E-state index in [2.05, 4.69) is 0 Å². The SMILES string of the molecule is CC[C@@H](C(=O)O)c1ccc(C(F)(F)F)cc1. The van der Waals surface area contributed by atoms with Crippen molar-refractivity contribution in [3.8, 4) is 0 Å². The molecule has 1 aromatic carbocycles. The molecule has 0 aliphatic rings. The normalized spacial score (nSPS) is 13.5. The molecule has 1 N–H and O–H groups in total. The van der Waals surface area contributed by atoms with Gasteiger partial charge in [0.1, 0.15) is 0 Å². The summed E-state index contributed by atoms with van der Waals surface area (Å²) in [4.78, 5) is 10.8. The van der Waals surface area contributed by atoms with Gasteiger partial charge in [0.2, 0.25) is 0 Å². The van der Waals surface area contributed by atoms with E-state index in [1.54, 1.807) is 6.92 Å². The molecule has 0 amide bonds. The Hall–Kier alpha value is -1.52. The van der Waals surface area contributed by atoms with Gasteiger partial charge in [-0.2, -0.15) is 13.2 Å². The van der Waals surface area contributed by atoms with Crippen LogP contribution in [-0.2, 0) is 11.0 Å². The van der Waals surface area contributed by atoms with Crippen molar-refractivity contribution in [2.75, 3.05) is 0 Å². The summed E-state index contributed by atoms with van der Waals surface area (Å²) in [6.45, 7) is 1.68. The molecule has 0 spiro atoms. The number of carboxylic acids is 1. The maximum atomic E-state index is 12.2. The molecule has 0 aliphatic carbocycles. The monoisotopic (exact) mass is 232 g/mol. The fourth-order valence-electron chi connectivity index (χ4n) is 1.46. The Morgan fingerprint density at radius 1 is 1.31 bits per heavy atom. The second kappa shape index (κ2) is 4.55. The van der Waals surface area contributed by atoms with Gasteiger partial charge in [-0.3, -0.25) is 4.79 Å². The number of hydrogen-bond donors (Lipinski definition) is 1. The summed E-state index contributed by atoms with van der Waals surface area (Å²) in [5.74, 6) is -1.77. The standard InChI is InChI=1S/C11H11F3O2/c1-2-9(10(15)16)7-3-5-8(6-4-7)11(12,13)14/h3-6,9H,2H2,1H3,(H,15,16)/t9-/m1/s1. The Labute approximate surface area is 90.7 Å².